The first-order valence-corrected chi connectivity index (χ1v) is 9.24. The number of carbonyl (C=O) groups is 3. The zero-order valence-electron chi connectivity index (χ0n) is 15.7. The Bertz CT molecular complexity index is 567. The molecule has 26 heavy (non-hydrogen) atoms. The van der Waals surface area contributed by atoms with Crippen LogP contribution in [0.4, 0.5) is 4.79 Å². The smallest absolute Gasteiger partial charge is 0.410 e. The summed E-state index contributed by atoms with van der Waals surface area (Å²) in [6, 6.07) is -0.535. The number of Topliss-reactive ketones (excluding diaryl/α,β-unsaturated/α-hetero) is 1. The molecule has 3 aliphatic heterocycles. The molecule has 3 atom stereocenters. The Kier molecular flexibility index (Phi) is 5.53. The van der Waals surface area contributed by atoms with Crippen LogP contribution in [0.25, 0.3) is 0 Å². The Labute approximate surface area is 153 Å². The standard InChI is InChI=1S/C18H28N2O6/c1-18(2,3)10-14(26-17(23)19-6-8-24-9-7-19)16(22)20-5-4-13-15(20)12(21)11-25-13/h13-15H,4-11H2,1-3H3. The average molecular weight is 368 g/mol. The average Bonchev–Trinajstić information content (AvgIpc) is 3.16. The van der Waals surface area contributed by atoms with Crippen molar-refractivity contribution in [2.75, 3.05) is 39.5 Å². The molecule has 0 N–H and O–H groups in total. The van der Waals surface area contributed by atoms with Gasteiger partial charge in [0.15, 0.2) is 11.9 Å². The van der Waals surface area contributed by atoms with Gasteiger partial charge in [-0.25, -0.2) is 4.79 Å². The molecule has 146 valence electrons. The highest BCUT2D eigenvalue weighted by Crippen LogP contribution is 2.30. The number of fused-ring (bicyclic) bond motifs is 1. The lowest BCUT2D eigenvalue weighted by Crippen LogP contribution is -2.50. The summed E-state index contributed by atoms with van der Waals surface area (Å²) in [5.41, 5.74) is -0.207. The monoisotopic (exact) mass is 368 g/mol. The fourth-order valence-electron chi connectivity index (χ4n) is 3.70. The molecule has 3 saturated heterocycles. The normalized spacial score (nSPS) is 27.4. The van der Waals surface area contributed by atoms with Gasteiger partial charge in [-0.05, 0) is 18.3 Å². The van der Waals surface area contributed by atoms with Crippen LogP contribution >= 0.6 is 0 Å². The zero-order valence-corrected chi connectivity index (χ0v) is 15.7. The minimum Gasteiger partial charge on any atom is -0.436 e. The van der Waals surface area contributed by atoms with Gasteiger partial charge in [0.05, 0.1) is 19.3 Å². The zero-order chi connectivity index (χ0) is 18.9. The molecule has 0 aromatic rings. The van der Waals surface area contributed by atoms with E-state index in [9.17, 15) is 14.4 Å². The first-order chi connectivity index (χ1) is 12.3. The molecule has 0 spiro atoms. The first-order valence-electron chi connectivity index (χ1n) is 9.24. The second kappa shape index (κ2) is 7.52. The second-order valence-corrected chi connectivity index (χ2v) is 8.32. The van der Waals surface area contributed by atoms with Crippen LogP contribution in [0.2, 0.25) is 0 Å². The van der Waals surface area contributed by atoms with Crippen molar-refractivity contribution in [3.8, 4) is 0 Å². The van der Waals surface area contributed by atoms with E-state index in [2.05, 4.69) is 0 Å². The van der Waals surface area contributed by atoms with E-state index in [-0.39, 0.29) is 29.8 Å². The summed E-state index contributed by atoms with van der Waals surface area (Å²) >= 11 is 0. The highest BCUT2D eigenvalue weighted by atomic mass is 16.6. The maximum absolute atomic E-state index is 13.1. The van der Waals surface area contributed by atoms with Crippen LogP contribution in [0, 0.1) is 5.41 Å². The summed E-state index contributed by atoms with van der Waals surface area (Å²) in [7, 11) is 0. The van der Waals surface area contributed by atoms with Crippen molar-refractivity contribution in [3.05, 3.63) is 0 Å². The van der Waals surface area contributed by atoms with Crippen molar-refractivity contribution in [1.82, 2.24) is 9.80 Å². The van der Waals surface area contributed by atoms with Crippen molar-refractivity contribution < 1.29 is 28.6 Å². The first kappa shape index (κ1) is 19.1. The van der Waals surface area contributed by atoms with Crippen molar-refractivity contribution in [3.63, 3.8) is 0 Å². The van der Waals surface area contributed by atoms with Crippen molar-refractivity contribution in [2.45, 2.75) is 51.9 Å². The topological polar surface area (TPSA) is 85.4 Å². The van der Waals surface area contributed by atoms with Crippen molar-refractivity contribution >= 4 is 17.8 Å². The molecule has 3 aliphatic rings. The van der Waals surface area contributed by atoms with Gasteiger partial charge in [-0.2, -0.15) is 0 Å². The van der Waals surface area contributed by atoms with Gasteiger partial charge in [0, 0.05) is 19.6 Å². The predicted octanol–water partition coefficient (Wildman–Crippen LogP) is 0.829. The molecule has 8 heteroatoms. The summed E-state index contributed by atoms with van der Waals surface area (Å²) in [5, 5.41) is 0. The van der Waals surface area contributed by atoms with E-state index in [0.29, 0.717) is 45.7 Å². The van der Waals surface area contributed by atoms with Gasteiger partial charge in [-0.3, -0.25) is 9.59 Å². The molecule has 0 saturated carbocycles. The summed E-state index contributed by atoms with van der Waals surface area (Å²) < 4.78 is 16.3. The molecule has 3 fully saturated rings. The minimum atomic E-state index is -0.905. The van der Waals surface area contributed by atoms with Crippen molar-refractivity contribution in [2.24, 2.45) is 5.41 Å². The third kappa shape index (κ3) is 4.17. The number of likely N-dealkylation sites (tertiary alicyclic amines) is 1. The van der Waals surface area contributed by atoms with E-state index in [1.54, 1.807) is 9.80 Å². The molecular weight excluding hydrogens is 340 g/mol. The van der Waals surface area contributed by atoms with Gasteiger partial charge < -0.3 is 24.0 Å². The molecule has 0 aromatic heterocycles. The number of ketones is 1. The number of ether oxygens (including phenoxy) is 3. The van der Waals surface area contributed by atoms with Crippen LogP contribution < -0.4 is 0 Å². The van der Waals surface area contributed by atoms with E-state index in [1.165, 1.54) is 0 Å². The number of rotatable bonds is 3. The minimum absolute atomic E-state index is 0.0522. The number of amides is 2. The van der Waals surface area contributed by atoms with Gasteiger partial charge in [-0.15, -0.1) is 0 Å². The van der Waals surface area contributed by atoms with Crippen molar-refractivity contribution in [1.29, 1.82) is 0 Å². The van der Waals surface area contributed by atoms with Crippen LogP contribution in [0.15, 0.2) is 0 Å². The highest BCUT2D eigenvalue weighted by Gasteiger charge is 2.49. The SMILES string of the molecule is CC(C)(C)CC(OC(=O)N1CCOCC1)C(=O)N1CCC2OCC(=O)C21. The van der Waals surface area contributed by atoms with E-state index in [1.807, 2.05) is 20.8 Å². The Hall–Kier alpha value is -1.67. The molecule has 8 nitrogen and oxygen atoms in total. The summed E-state index contributed by atoms with van der Waals surface area (Å²) in [5.74, 6) is -0.372. The Balaban J connectivity index is 1.71. The highest BCUT2D eigenvalue weighted by molar-refractivity contribution is 5.94. The number of hydrogen-bond acceptors (Lipinski definition) is 6. The lowest BCUT2D eigenvalue weighted by molar-refractivity contribution is -0.146. The van der Waals surface area contributed by atoms with Gasteiger partial charge in [0.1, 0.15) is 12.6 Å². The molecular formula is C18H28N2O6. The Morgan fingerprint density at radius 1 is 1.23 bits per heavy atom. The van der Waals surface area contributed by atoms with Crippen LogP contribution in [0.3, 0.4) is 0 Å². The van der Waals surface area contributed by atoms with Gasteiger partial charge in [-0.1, -0.05) is 20.8 Å². The maximum atomic E-state index is 13.1. The second-order valence-electron chi connectivity index (χ2n) is 8.32. The number of morpholine rings is 1. The molecule has 0 bridgehead atoms. The number of hydrogen-bond donors (Lipinski definition) is 0. The molecule has 2 amide bonds. The molecule has 3 unspecified atom stereocenters. The maximum Gasteiger partial charge on any atom is 0.410 e. The Morgan fingerprint density at radius 3 is 2.58 bits per heavy atom. The van der Waals surface area contributed by atoms with Crippen LogP contribution in [-0.2, 0) is 23.8 Å². The number of nitrogens with zero attached hydrogens (tertiary/aromatic N) is 2. The van der Waals surface area contributed by atoms with Crippen LogP contribution in [-0.4, -0.2) is 85.3 Å². The lowest BCUT2D eigenvalue weighted by atomic mass is 9.88. The van der Waals surface area contributed by atoms with E-state index in [0.717, 1.165) is 0 Å². The lowest BCUT2D eigenvalue weighted by Gasteiger charge is -2.33. The van der Waals surface area contributed by atoms with Crippen LogP contribution in [0.5, 0.6) is 0 Å². The van der Waals surface area contributed by atoms with Gasteiger partial charge in [0.25, 0.3) is 5.91 Å². The van der Waals surface area contributed by atoms with Crippen LogP contribution in [0.1, 0.15) is 33.6 Å². The predicted molar refractivity (Wildman–Crippen MR) is 91.6 cm³/mol. The third-order valence-electron chi connectivity index (χ3n) is 4.98. The largest absolute Gasteiger partial charge is 0.436 e. The third-order valence-corrected chi connectivity index (χ3v) is 4.98. The van der Waals surface area contributed by atoms with Gasteiger partial charge in [0.2, 0.25) is 0 Å². The quantitative estimate of drug-likeness (QED) is 0.733. The fraction of sp³-hybridized carbons (Fsp3) is 0.833. The van der Waals surface area contributed by atoms with E-state index < -0.39 is 18.2 Å². The Morgan fingerprint density at radius 2 is 1.92 bits per heavy atom. The molecule has 0 radical (unpaired) electrons. The van der Waals surface area contributed by atoms with E-state index in [4.69, 9.17) is 14.2 Å². The molecule has 0 aliphatic carbocycles. The summed E-state index contributed by atoms with van der Waals surface area (Å²) in [6.07, 6.45) is -0.595. The number of carbonyl (C=O) groups excluding carboxylic acids is 3. The molecule has 3 heterocycles. The summed E-state index contributed by atoms with van der Waals surface area (Å²) in [6.45, 7) is 8.33. The van der Waals surface area contributed by atoms with Gasteiger partial charge >= 0.3 is 6.09 Å². The molecule has 3 rings (SSSR count). The fourth-order valence-corrected chi connectivity index (χ4v) is 3.70. The molecule has 0 aromatic carbocycles. The van der Waals surface area contributed by atoms with E-state index >= 15 is 0 Å². The summed E-state index contributed by atoms with van der Waals surface area (Å²) in [4.78, 5) is 40.8.